The molecule has 1 heterocycles. The Morgan fingerprint density at radius 3 is 2.67 bits per heavy atom. The van der Waals surface area contributed by atoms with Gasteiger partial charge in [0.15, 0.2) is 5.76 Å². The molecule has 0 unspecified atom stereocenters. The average molecular weight is 426 g/mol. The number of furan rings is 1. The molecule has 2 N–H and O–H groups in total. The van der Waals surface area contributed by atoms with E-state index < -0.39 is 0 Å². The normalized spacial score (nSPS) is 14.5. The lowest BCUT2D eigenvalue weighted by molar-refractivity contribution is 0.0994. The van der Waals surface area contributed by atoms with Gasteiger partial charge in [-0.05, 0) is 68.7 Å². The maximum atomic E-state index is 13.1. The van der Waals surface area contributed by atoms with Crippen LogP contribution >= 0.6 is 11.6 Å². The van der Waals surface area contributed by atoms with E-state index in [4.69, 9.17) is 16.0 Å². The number of aryl methyl sites for hydroxylation is 2. The first-order chi connectivity index (χ1) is 14.4. The number of hydrogen-bond donors (Lipinski definition) is 2. The van der Waals surface area contributed by atoms with Crippen molar-refractivity contribution in [3.63, 3.8) is 0 Å². The molecule has 0 saturated carbocycles. The summed E-state index contributed by atoms with van der Waals surface area (Å²) in [7, 11) is 0. The van der Waals surface area contributed by atoms with Gasteiger partial charge in [-0.1, -0.05) is 17.7 Å². The first-order valence-electron chi connectivity index (χ1n) is 9.70. The molecule has 0 spiro atoms. The van der Waals surface area contributed by atoms with Crippen LogP contribution < -0.4 is 10.7 Å². The maximum Gasteiger partial charge on any atom is 0.291 e. The molecule has 0 bridgehead atoms. The van der Waals surface area contributed by atoms with Crippen molar-refractivity contribution < 1.29 is 13.6 Å². The number of carbonyl (C=O) groups is 1. The van der Waals surface area contributed by atoms with Crippen LogP contribution in [0.2, 0.25) is 5.02 Å². The van der Waals surface area contributed by atoms with Gasteiger partial charge in [-0.3, -0.25) is 10.2 Å². The van der Waals surface area contributed by atoms with E-state index in [9.17, 15) is 9.18 Å². The molecule has 1 aromatic heterocycles. The van der Waals surface area contributed by atoms with Gasteiger partial charge in [0.05, 0.1) is 11.4 Å². The minimum absolute atomic E-state index is 0.274. The number of carbonyl (C=O) groups excluding carboxylic acids is 1. The third-order valence-electron chi connectivity index (χ3n) is 5.14. The molecule has 30 heavy (non-hydrogen) atoms. The summed E-state index contributed by atoms with van der Waals surface area (Å²) >= 11 is 6.05. The van der Waals surface area contributed by atoms with Crippen molar-refractivity contribution in [3.8, 4) is 0 Å². The van der Waals surface area contributed by atoms with Crippen LogP contribution in [-0.2, 0) is 6.42 Å². The van der Waals surface area contributed by atoms with Crippen molar-refractivity contribution in [1.82, 2.24) is 0 Å². The molecular formula is C23H21ClFN3O2. The minimum Gasteiger partial charge on any atom is -0.455 e. The lowest BCUT2D eigenvalue weighted by Crippen LogP contribution is -2.15. The number of benzene rings is 2. The Hall–Kier alpha value is -3.12. The minimum atomic E-state index is -0.321. The van der Waals surface area contributed by atoms with Gasteiger partial charge in [0.2, 0.25) is 0 Å². The van der Waals surface area contributed by atoms with E-state index in [0.717, 1.165) is 47.4 Å². The summed E-state index contributed by atoms with van der Waals surface area (Å²) in [6.45, 7) is 3.76. The Bertz CT molecular complexity index is 1140. The zero-order valence-corrected chi connectivity index (χ0v) is 17.4. The van der Waals surface area contributed by atoms with Crippen molar-refractivity contribution in [3.05, 3.63) is 81.5 Å². The van der Waals surface area contributed by atoms with E-state index in [-0.39, 0.29) is 17.5 Å². The van der Waals surface area contributed by atoms with Gasteiger partial charge < -0.3 is 9.73 Å². The van der Waals surface area contributed by atoms with E-state index in [1.165, 1.54) is 12.1 Å². The van der Waals surface area contributed by atoms with Crippen LogP contribution in [0.5, 0.6) is 0 Å². The molecule has 0 saturated heterocycles. The first kappa shape index (κ1) is 20.2. The van der Waals surface area contributed by atoms with Crippen LogP contribution in [-0.4, -0.2) is 11.6 Å². The van der Waals surface area contributed by atoms with E-state index in [0.29, 0.717) is 16.4 Å². The fourth-order valence-corrected chi connectivity index (χ4v) is 3.73. The van der Waals surface area contributed by atoms with Crippen molar-refractivity contribution in [2.24, 2.45) is 5.10 Å². The van der Waals surface area contributed by atoms with Crippen molar-refractivity contribution >= 4 is 34.6 Å². The number of amides is 1. The molecule has 4 rings (SSSR count). The van der Waals surface area contributed by atoms with Crippen LogP contribution in [0, 0.1) is 19.7 Å². The molecule has 154 valence electrons. The highest BCUT2D eigenvalue weighted by molar-refractivity contribution is 6.31. The summed E-state index contributed by atoms with van der Waals surface area (Å²) in [6, 6.07) is 11.3. The maximum absolute atomic E-state index is 13.1. The molecular weight excluding hydrogens is 405 g/mol. The number of hydrogen-bond acceptors (Lipinski definition) is 4. The molecule has 1 aliphatic carbocycles. The Morgan fingerprint density at radius 2 is 1.90 bits per heavy atom. The van der Waals surface area contributed by atoms with Crippen molar-refractivity contribution in [1.29, 1.82) is 0 Å². The van der Waals surface area contributed by atoms with Crippen molar-refractivity contribution in [2.75, 3.05) is 10.7 Å². The van der Waals surface area contributed by atoms with E-state index in [2.05, 4.69) is 15.8 Å². The molecule has 0 radical (unpaired) electrons. The number of fused-ring (bicyclic) bond motifs is 1. The molecule has 3 aromatic rings. The zero-order chi connectivity index (χ0) is 21.3. The highest BCUT2D eigenvalue weighted by Gasteiger charge is 2.28. The SMILES string of the molecule is Cc1ccc(Cl)cc1NC(=O)c1oc2c(c1C)/C(=N/Nc1ccc(F)cc1)CCC2. The molecule has 0 atom stereocenters. The fourth-order valence-electron chi connectivity index (χ4n) is 3.56. The van der Waals surface area contributed by atoms with Gasteiger partial charge in [-0.15, -0.1) is 0 Å². The topological polar surface area (TPSA) is 66.6 Å². The molecule has 5 nitrogen and oxygen atoms in total. The van der Waals surface area contributed by atoms with Gasteiger partial charge in [-0.25, -0.2) is 4.39 Å². The smallest absolute Gasteiger partial charge is 0.291 e. The van der Waals surface area contributed by atoms with Crippen LogP contribution in [0.25, 0.3) is 0 Å². The number of nitrogens with zero attached hydrogens (tertiary/aromatic N) is 1. The van der Waals surface area contributed by atoms with E-state index in [1.807, 2.05) is 19.9 Å². The Kier molecular flexibility index (Phi) is 5.59. The van der Waals surface area contributed by atoms with Crippen LogP contribution in [0.15, 0.2) is 52.0 Å². The Labute approximate surface area is 178 Å². The third-order valence-corrected chi connectivity index (χ3v) is 5.38. The quantitative estimate of drug-likeness (QED) is 0.497. The number of nitrogens with one attached hydrogen (secondary N) is 2. The predicted molar refractivity (Wildman–Crippen MR) is 117 cm³/mol. The molecule has 0 aliphatic heterocycles. The molecule has 7 heteroatoms. The van der Waals surface area contributed by atoms with Crippen molar-refractivity contribution in [2.45, 2.75) is 33.1 Å². The largest absolute Gasteiger partial charge is 0.455 e. The Morgan fingerprint density at radius 1 is 1.13 bits per heavy atom. The van der Waals surface area contributed by atoms with Gasteiger partial charge in [0, 0.05) is 28.3 Å². The molecule has 0 fully saturated rings. The number of rotatable bonds is 4. The first-order valence-corrected chi connectivity index (χ1v) is 10.1. The second-order valence-corrected chi connectivity index (χ2v) is 7.73. The molecule has 1 aliphatic rings. The third kappa shape index (κ3) is 4.09. The summed E-state index contributed by atoms with van der Waals surface area (Å²) in [5.41, 5.74) is 7.64. The van der Waals surface area contributed by atoms with E-state index >= 15 is 0 Å². The van der Waals surface area contributed by atoms with Gasteiger partial charge in [-0.2, -0.15) is 5.10 Å². The van der Waals surface area contributed by atoms with Crippen LogP contribution in [0.4, 0.5) is 15.8 Å². The average Bonchev–Trinajstić information content (AvgIpc) is 3.08. The predicted octanol–water partition coefficient (Wildman–Crippen LogP) is 6.09. The molecule has 1 amide bonds. The molecule has 2 aromatic carbocycles. The highest BCUT2D eigenvalue weighted by Crippen LogP contribution is 2.31. The van der Waals surface area contributed by atoms with Gasteiger partial charge >= 0.3 is 0 Å². The standard InChI is InChI=1S/C23H21ClFN3O2/c1-13-6-7-15(24)12-19(13)26-23(29)22-14(2)21-18(4-3-5-20(21)30-22)28-27-17-10-8-16(25)9-11-17/h6-12,27H,3-5H2,1-2H3,(H,26,29)/b28-18+. The Balaban J connectivity index is 1.60. The van der Waals surface area contributed by atoms with Crippen LogP contribution in [0.1, 0.15) is 45.8 Å². The summed E-state index contributed by atoms with van der Waals surface area (Å²) in [5, 5.41) is 7.94. The monoisotopic (exact) mass is 425 g/mol. The second-order valence-electron chi connectivity index (χ2n) is 7.30. The second kappa shape index (κ2) is 8.32. The lowest BCUT2D eigenvalue weighted by atomic mass is 9.93. The summed E-state index contributed by atoms with van der Waals surface area (Å²) < 4.78 is 19.0. The summed E-state index contributed by atoms with van der Waals surface area (Å²) in [4.78, 5) is 12.9. The summed E-state index contributed by atoms with van der Waals surface area (Å²) in [5.74, 6) is 0.407. The van der Waals surface area contributed by atoms with E-state index in [1.54, 1.807) is 24.3 Å². The fraction of sp³-hybridized carbons (Fsp3) is 0.217. The lowest BCUT2D eigenvalue weighted by Gasteiger charge is -2.13. The highest BCUT2D eigenvalue weighted by atomic mass is 35.5. The summed E-state index contributed by atoms with van der Waals surface area (Å²) in [6.07, 6.45) is 2.38. The number of hydrazone groups is 1. The van der Waals surface area contributed by atoms with Gasteiger partial charge in [0.1, 0.15) is 11.6 Å². The zero-order valence-electron chi connectivity index (χ0n) is 16.7. The number of halogens is 2. The van der Waals surface area contributed by atoms with Crippen LogP contribution in [0.3, 0.4) is 0 Å². The van der Waals surface area contributed by atoms with Gasteiger partial charge in [0.25, 0.3) is 5.91 Å². The number of anilines is 2.